The van der Waals surface area contributed by atoms with Crippen LogP contribution in [-0.2, 0) is 61.6 Å². The molecule has 65 heavy (non-hydrogen) atoms. The Kier molecular flexibility index (Phi) is 16.3. The number of aliphatic carboxylic acids is 1. The fourth-order valence-electron chi connectivity index (χ4n) is 12.7. The van der Waals surface area contributed by atoms with Crippen LogP contribution in [0.2, 0.25) is 0 Å². The Labute approximate surface area is 385 Å². The molecule has 7 N–H and O–H groups in total. The molecule has 1 spiro atoms. The SMILES string of the molecule is CO[C@H]1[C@@H](OC)[C@H](C)[C@@](O)(CC(=O)[O-])O[C@H]1[C@@H](C)[C@H]1O[C@@]2(CC[C@@](C)([C@H]3CC[C@@](C)([C@@H]4O[C@@H]([C@H]5O[C@](C)(O)[C@H](C)C[C@@H]5C)C[C@@H]4O[C@@H]4C[C@H](OC)[C@H](OC)[C@H](C)O4)O3)O2)C[C@H](O)[C@H]1C.[NH4+]. The molecule has 0 unspecified atom stereocenters. The Balaban J connectivity index is 0.00000700. The van der Waals surface area contributed by atoms with Crippen LogP contribution in [0, 0.1) is 29.6 Å². The van der Waals surface area contributed by atoms with Crippen LogP contribution < -0.4 is 11.3 Å². The summed E-state index contributed by atoms with van der Waals surface area (Å²) >= 11 is 0. The van der Waals surface area contributed by atoms with Gasteiger partial charge < -0.3 is 88.2 Å². The molecule has 7 aliphatic heterocycles. The van der Waals surface area contributed by atoms with E-state index in [0.29, 0.717) is 38.5 Å². The van der Waals surface area contributed by atoms with E-state index in [1.165, 1.54) is 14.2 Å². The molecule has 24 atom stereocenters. The molecular weight excluding hydrogens is 851 g/mol. The first-order valence-corrected chi connectivity index (χ1v) is 23.8. The molecule has 0 aliphatic carbocycles. The van der Waals surface area contributed by atoms with E-state index in [2.05, 4.69) is 13.8 Å². The van der Waals surface area contributed by atoms with Gasteiger partial charge in [0.2, 0.25) is 0 Å². The van der Waals surface area contributed by atoms with E-state index in [-0.39, 0.29) is 66.9 Å². The Bertz CT molecular complexity index is 1610. The molecule has 7 saturated heterocycles. The topological polar surface area (TPSA) is 248 Å². The van der Waals surface area contributed by atoms with E-state index in [9.17, 15) is 25.2 Å². The zero-order valence-electron chi connectivity index (χ0n) is 41.4. The maximum atomic E-state index is 11.8. The number of carbonyl (C=O) groups excluding carboxylic acids is 1. The number of hydrogen-bond acceptors (Lipinski definition) is 17. The molecule has 0 bridgehead atoms. The predicted molar refractivity (Wildman–Crippen MR) is 231 cm³/mol. The second-order valence-electron chi connectivity index (χ2n) is 21.3. The first-order chi connectivity index (χ1) is 30.0. The Morgan fingerprint density at radius 2 is 1.46 bits per heavy atom. The van der Waals surface area contributed by atoms with Gasteiger partial charge in [-0.2, -0.15) is 0 Å². The van der Waals surface area contributed by atoms with E-state index >= 15 is 0 Å². The fourth-order valence-corrected chi connectivity index (χ4v) is 12.7. The summed E-state index contributed by atoms with van der Waals surface area (Å²) in [5.74, 6) is -7.58. The van der Waals surface area contributed by atoms with Gasteiger partial charge in [0.15, 0.2) is 23.7 Å². The van der Waals surface area contributed by atoms with Crippen LogP contribution in [-0.4, -0.2) is 164 Å². The van der Waals surface area contributed by atoms with E-state index < -0.39 is 102 Å². The number of methoxy groups -OCH3 is 4. The smallest absolute Gasteiger partial charge is 0.176 e. The summed E-state index contributed by atoms with van der Waals surface area (Å²) in [6, 6.07) is 0. The average Bonchev–Trinajstić information content (AvgIpc) is 3.94. The zero-order valence-corrected chi connectivity index (χ0v) is 41.4. The minimum atomic E-state index is -2.09. The van der Waals surface area contributed by atoms with Crippen molar-refractivity contribution in [3.63, 3.8) is 0 Å². The van der Waals surface area contributed by atoms with Crippen LogP contribution in [0.4, 0.5) is 0 Å². The van der Waals surface area contributed by atoms with Gasteiger partial charge in [-0.25, -0.2) is 0 Å². The van der Waals surface area contributed by atoms with Gasteiger partial charge in [-0.15, -0.1) is 0 Å². The van der Waals surface area contributed by atoms with Gasteiger partial charge in [0, 0.05) is 90.2 Å². The van der Waals surface area contributed by atoms with E-state index in [1.807, 2.05) is 34.6 Å². The van der Waals surface area contributed by atoms with Crippen LogP contribution in [0.5, 0.6) is 0 Å². The third-order valence-corrected chi connectivity index (χ3v) is 16.8. The number of aliphatic hydroxyl groups excluding tert-OH is 1. The maximum absolute atomic E-state index is 11.8. The highest BCUT2D eigenvalue weighted by molar-refractivity contribution is 5.65. The van der Waals surface area contributed by atoms with Crippen molar-refractivity contribution in [2.45, 2.75) is 234 Å². The lowest BCUT2D eigenvalue weighted by atomic mass is 9.75. The fraction of sp³-hybridized carbons (Fsp3) is 0.979. The van der Waals surface area contributed by atoms with Crippen LogP contribution in [0.1, 0.15) is 120 Å². The van der Waals surface area contributed by atoms with Crippen molar-refractivity contribution in [1.29, 1.82) is 0 Å². The van der Waals surface area contributed by atoms with Gasteiger partial charge in [-0.05, 0) is 59.3 Å². The van der Waals surface area contributed by atoms with Gasteiger partial charge in [-0.3, -0.25) is 0 Å². The quantitative estimate of drug-likeness (QED) is 0.207. The van der Waals surface area contributed by atoms with E-state index in [1.54, 1.807) is 28.1 Å². The second-order valence-corrected chi connectivity index (χ2v) is 21.3. The number of quaternary nitrogens is 1. The van der Waals surface area contributed by atoms with Crippen LogP contribution in [0.3, 0.4) is 0 Å². The standard InChI is InChI=1S/C47H80O17.H3N/c1-23-18-24(2)45(9,51)61-36(23)31-19-32(58-35-20-30(53-10)40(55-12)28(6)57-35)42(59-31)44(8)15-14-33(60-44)43(7)16-17-46(64-43)21-29(48)25(3)37(62-46)26(4)38-41(56-13)39(54-11)27(5)47(52,63-38)22-34(49)50;/h23-33,35-42,48,51-52H,14-22H2,1-13H3,(H,49,50);1H3/t23-,24+,25+,26-,27-,28-,29-,30-,31+,32-,33+,35+,36-,37-,38-,39-,40+,41+,42+,43-,44-,45-,46+,47+;/m0./s1. The van der Waals surface area contributed by atoms with Crippen molar-refractivity contribution in [2.24, 2.45) is 29.6 Å². The molecular formula is C47H83NO17. The molecule has 0 saturated carbocycles. The lowest BCUT2D eigenvalue weighted by molar-refractivity contribution is -0.373. The average molecular weight is 934 g/mol. The molecule has 18 nitrogen and oxygen atoms in total. The monoisotopic (exact) mass is 934 g/mol. The number of carbonyl (C=O) groups is 1. The van der Waals surface area contributed by atoms with Crippen LogP contribution in [0.15, 0.2) is 0 Å². The number of hydrogen-bond donors (Lipinski definition) is 4. The highest BCUT2D eigenvalue weighted by Gasteiger charge is 2.63. The molecule has 0 aromatic heterocycles. The van der Waals surface area contributed by atoms with Crippen molar-refractivity contribution in [2.75, 3.05) is 28.4 Å². The van der Waals surface area contributed by atoms with Crippen LogP contribution in [0.25, 0.3) is 0 Å². The van der Waals surface area contributed by atoms with Gasteiger partial charge in [-0.1, -0.05) is 34.6 Å². The molecule has 0 aromatic carbocycles. The molecule has 7 rings (SSSR count). The lowest BCUT2D eigenvalue weighted by Crippen LogP contribution is -2.66. The van der Waals surface area contributed by atoms with Gasteiger partial charge in [0.1, 0.15) is 18.3 Å². The van der Waals surface area contributed by atoms with Gasteiger partial charge >= 0.3 is 0 Å². The largest absolute Gasteiger partial charge is 0.550 e. The number of ether oxygens (including phenoxy) is 12. The molecule has 378 valence electrons. The summed E-state index contributed by atoms with van der Waals surface area (Å²) < 4.78 is 77.5. The van der Waals surface area contributed by atoms with Gasteiger partial charge in [0.25, 0.3) is 0 Å². The summed E-state index contributed by atoms with van der Waals surface area (Å²) in [5, 5.41) is 46.4. The van der Waals surface area contributed by atoms with Crippen molar-refractivity contribution in [3.8, 4) is 0 Å². The molecule has 0 amide bonds. The van der Waals surface area contributed by atoms with Crippen molar-refractivity contribution in [3.05, 3.63) is 0 Å². The number of aliphatic hydroxyl groups is 3. The minimum absolute atomic E-state index is 0. The van der Waals surface area contributed by atoms with E-state index in [4.69, 9.17) is 56.8 Å². The number of carboxylic acids is 1. The summed E-state index contributed by atoms with van der Waals surface area (Å²) in [4.78, 5) is 11.8. The third-order valence-electron chi connectivity index (χ3n) is 16.8. The Morgan fingerprint density at radius 3 is 2.09 bits per heavy atom. The van der Waals surface area contributed by atoms with Crippen LogP contribution >= 0.6 is 0 Å². The Morgan fingerprint density at radius 1 is 0.785 bits per heavy atom. The first kappa shape index (κ1) is 53.2. The summed E-state index contributed by atoms with van der Waals surface area (Å²) in [6.45, 7) is 17.4. The summed E-state index contributed by atoms with van der Waals surface area (Å²) in [7, 11) is 6.34. The molecule has 18 heteroatoms. The second kappa shape index (κ2) is 19.9. The molecule has 0 aromatic rings. The lowest BCUT2D eigenvalue weighted by Gasteiger charge is -2.54. The highest BCUT2D eigenvalue weighted by atomic mass is 16.7. The third kappa shape index (κ3) is 10.1. The van der Waals surface area contributed by atoms with Crippen molar-refractivity contribution < 1.29 is 82.1 Å². The predicted octanol–water partition coefficient (Wildman–Crippen LogP) is 3.36. The highest BCUT2D eigenvalue weighted by Crippen LogP contribution is 2.55. The minimum Gasteiger partial charge on any atom is -0.550 e. The molecule has 7 aliphatic rings. The van der Waals surface area contributed by atoms with Crippen molar-refractivity contribution >= 4 is 5.97 Å². The molecule has 7 heterocycles. The number of rotatable bonds is 13. The zero-order chi connectivity index (χ0) is 46.9. The maximum Gasteiger partial charge on any atom is 0.176 e. The summed E-state index contributed by atoms with van der Waals surface area (Å²) in [6.07, 6.45) is -3.46. The Hall–Kier alpha value is -1.17. The number of carboxylic acid groups (broad SMARTS) is 1. The molecule has 7 fully saturated rings. The first-order valence-electron chi connectivity index (χ1n) is 23.8. The van der Waals surface area contributed by atoms with E-state index in [0.717, 1.165) is 6.42 Å². The summed E-state index contributed by atoms with van der Waals surface area (Å²) in [5.41, 5.74) is -1.61. The van der Waals surface area contributed by atoms with Gasteiger partial charge in [0.05, 0.1) is 72.2 Å². The van der Waals surface area contributed by atoms with Crippen molar-refractivity contribution in [1.82, 2.24) is 6.15 Å². The molecule has 0 radical (unpaired) electrons. The normalized spacial score (nSPS) is 53.2.